The van der Waals surface area contributed by atoms with Gasteiger partial charge in [-0.3, -0.25) is 14.9 Å². The maximum atomic E-state index is 13.6. The van der Waals surface area contributed by atoms with Crippen molar-refractivity contribution in [1.29, 1.82) is 0 Å². The van der Waals surface area contributed by atoms with Gasteiger partial charge in [0.2, 0.25) is 0 Å². The fourth-order valence-electron chi connectivity index (χ4n) is 2.62. The molecule has 0 aliphatic heterocycles. The Morgan fingerprint density at radius 3 is 2.75 bits per heavy atom. The normalized spacial score (nSPS) is 20.6. The Bertz CT molecular complexity index is 557. The third-order valence-corrected chi connectivity index (χ3v) is 3.71. The summed E-state index contributed by atoms with van der Waals surface area (Å²) in [6, 6.07) is 2.97. The lowest BCUT2D eigenvalue weighted by Crippen LogP contribution is -2.34. The summed E-state index contributed by atoms with van der Waals surface area (Å²) >= 11 is 0. The lowest BCUT2D eigenvalue weighted by molar-refractivity contribution is -0.384. The molecule has 6 heteroatoms. The molecule has 1 aliphatic rings. The average molecular weight is 280 g/mol. The van der Waals surface area contributed by atoms with Crippen LogP contribution in [-0.4, -0.2) is 16.9 Å². The molecule has 1 aliphatic carbocycles. The topological polar surface area (TPSA) is 72.2 Å². The van der Waals surface area contributed by atoms with Crippen molar-refractivity contribution in [2.75, 3.05) is 0 Å². The molecule has 1 saturated carbocycles. The number of non-ortho nitro benzene ring substituents is 1. The highest BCUT2D eigenvalue weighted by molar-refractivity contribution is 5.95. The number of rotatable bonds is 3. The van der Waals surface area contributed by atoms with Crippen LogP contribution in [0.5, 0.6) is 0 Å². The van der Waals surface area contributed by atoms with Crippen LogP contribution in [0.2, 0.25) is 0 Å². The van der Waals surface area contributed by atoms with Gasteiger partial charge in [0.1, 0.15) is 5.82 Å². The summed E-state index contributed by atoms with van der Waals surface area (Å²) in [6.07, 6.45) is 2.67. The smallest absolute Gasteiger partial charge is 0.270 e. The molecule has 1 fully saturated rings. The van der Waals surface area contributed by atoms with Gasteiger partial charge in [-0.2, -0.15) is 0 Å². The number of hydrogen-bond donors (Lipinski definition) is 1. The van der Waals surface area contributed by atoms with Crippen LogP contribution >= 0.6 is 0 Å². The van der Waals surface area contributed by atoms with Gasteiger partial charge in [0, 0.05) is 18.2 Å². The van der Waals surface area contributed by atoms with E-state index in [-0.39, 0.29) is 22.7 Å². The number of carbonyl (C=O) groups is 1. The summed E-state index contributed by atoms with van der Waals surface area (Å²) in [4.78, 5) is 22.1. The van der Waals surface area contributed by atoms with Gasteiger partial charge >= 0.3 is 0 Å². The number of nitrogens with zero attached hydrogens (tertiary/aromatic N) is 1. The molecule has 20 heavy (non-hydrogen) atoms. The number of nitrogens with one attached hydrogen (secondary N) is 1. The number of carbonyl (C=O) groups excluding carboxylic acids is 1. The summed E-state index contributed by atoms with van der Waals surface area (Å²) in [5.41, 5.74) is -0.397. The van der Waals surface area contributed by atoms with E-state index in [1.54, 1.807) is 0 Å². The van der Waals surface area contributed by atoms with Gasteiger partial charge in [-0.15, -0.1) is 0 Å². The molecule has 1 amide bonds. The maximum Gasteiger partial charge on any atom is 0.270 e. The third kappa shape index (κ3) is 3.12. The molecule has 1 atom stereocenters. The van der Waals surface area contributed by atoms with Crippen LogP contribution in [0, 0.1) is 21.3 Å². The molecule has 1 N–H and O–H groups in total. The van der Waals surface area contributed by atoms with Gasteiger partial charge in [-0.25, -0.2) is 4.39 Å². The lowest BCUT2D eigenvalue weighted by atomic mass is 9.92. The zero-order valence-electron chi connectivity index (χ0n) is 11.5. The maximum absolute atomic E-state index is 13.6. The number of nitro groups is 1. The van der Waals surface area contributed by atoms with Gasteiger partial charge in [0.15, 0.2) is 0 Å². The summed E-state index contributed by atoms with van der Waals surface area (Å²) in [5, 5.41) is 13.4. The van der Waals surface area contributed by atoms with Gasteiger partial charge in [0.25, 0.3) is 11.6 Å². The highest BCUT2D eigenvalue weighted by Crippen LogP contribution is 2.37. The highest BCUT2D eigenvalue weighted by atomic mass is 19.1. The molecule has 5 nitrogen and oxygen atoms in total. The quantitative estimate of drug-likeness (QED) is 0.683. The molecular formula is C14H17FN2O3. The first kappa shape index (κ1) is 14.4. The molecule has 0 bridgehead atoms. The summed E-state index contributed by atoms with van der Waals surface area (Å²) < 4.78 is 13.6. The molecule has 0 saturated heterocycles. The Balaban J connectivity index is 2.13. The lowest BCUT2D eigenvalue weighted by Gasteiger charge is -2.18. The van der Waals surface area contributed by atoms with Crippen molar-refractivity contribution < 1.29 is 14.1 Å². The van der Waals surface area contributed by atoms with Crippen molar-refractivity contribution >= 4 is 11.6 Å². The standard InChI is InChI=1S/C14H17FN2O3/c1-14(2)6-5-9(8-14)16-13(18)11-7-10(17(19)20)3-4-12(11)15/h3-4,7,9H,5-6,8H2,1-2H3,(H,16,18). The van der Waals surface area contributed by atoms with Gasteiger partial charge < -0.3 is 5.32 Å². The predicted molar refractivity (Wildman–Crippen MR) is 71.9 cm³/mol. The number of halogens is 1. The molecule has 1 aromatic rings. The van der Waals surface area contributed by atoms with Crippen LogP contribution in [0.15, 0.2) is 18.2 Å². The van der Waals surface area contributed by atoms with Crippen LogP contribution < -0.4 is 5.32 Å². The van der Waals surface area contributed by atoms with Gasteiger partial charge in [-0.05, 0) is 30.7 Å². The first-order valence-electron chi connectivity index (χ1n) is 6.53. The Morgan fingerprint density at radius 1 is 1.50 bits per heavy atom. The molecule has 1 unspecified atom stereocenters. The molecule has 0 aromatic heterocycles. The van der Waals surface area contributed by atoms with E-state index in [0.717, 1.165) is 37.5 Å². The Morgan fingerprint density at radius 2 is 2.20 bits per heavy atom. The molecule has 2 rings (SSSR count). The third-order valence-electron chi connectivity index (χ3n) is 3.71. The first-order valence-corrected chi connectivity index (χ1v) is 6.53. The minimum Gasteiger partial charge on any atom is -0.349 e. The fraction of sp³-hybridized carbons (Fsp3) is 0.500. The molecule has 0 radical (unpaired) electrons. The van der Waals surface area contributed by atoms with E-state index in [4.69, 9.17) is 0 Å². The largest absolute Gasteiger partial charge is 0.349 e. The number of nitro benzene ring substituents is 1. The summed E-state index contributed by atoms with van der Waals surface area (Å²) in [6.45, 7) is 4.24. The summed E-state index contributed by atoms with van der Waals surface area (Å²) in [5.74, 6) is -1.33. The van der Waals surface area contributed by atoms with E-state index >= 15 is 0 Å². The van der Waals surface area contributed by atoms with E-state index in [0.29, 0.717) is 0 Å². The van der Waals surface area contributed by atoms with Crippen LogP contribution in [0.3, 0.4) is 0 Å². The van der Waals surface area contributed by atoms with Crippen LogP contribution in [0.25, 0.3) is 0 Å². The number of benzene rings is 1. The molecule has 0 heterocycles. The number of hydrogen-bond acceptors (Lipinski definition) is 3. The monoisotopic (exact) mass is 280 g/mol. The first-order chi connectivity index (χ1) is 9.28. The van der Waals surface area contributed by atoms with Crippen molar-refractivity contribution in [3.05, 3.63) is 39.7 Å². The second-order valence-corrected chi connectivity index (χ2v) is 6.00. The van der Waals surface area contributed by atoms with Gasteiger partial charge in [-0.1, -0.05) is 13.8 Å². The van der Waals surface area contributed by atoms with E-state index in [9.17, 15) is 19.3 Å². The van der Waals surface area contributed by atoms with Crippen molar-refractivity contribution in [2.45, 2.75) is 39.2 Å². The average Bonchev–Trinajstić information content (AvgIpc) is 2.68. The van der Waals surface area contributed by atoms with Crippen molar-refractivity contribution in [3.63, 3.8) is 0 Å². The molecule has 0 spiro atoms. The zero-order chi connectivity index (χ0) is 14.9. The van der Waals surface area contributed by atoms with Crippen molar-refractivity contribution in [2.24, 2.45) is 5.41 Å². The van der Waals surface area contributed by atoms with Crippen molar-refractivity contribution in [3.8, 4) is 0 Å². The minimum atomic E-state index is -0.745. The molecular weight excluding hydrogens is 263 g/mol. The van der Waals surface area contributed by atoms with Crippen LogP contribution in [-0.2, 0) is 0 Å². The summed E-state index contributed by atoms with van der Waals surface area (Å²) in [7, 11) is 0. The van der Waals surface area contributed by atoms with E-state index < -0.39 is 16.6 Å². The van der Waals surface area contributed by atoms with E-state index in [1.807, 2.05) is 0 Å². The molecule has 108 valence electrons. The number of amides is 1. The van der Waals surface area contributed by atoms with Crippen molar-refractivity contribution in [1.82, 2.24) is 5.32 Å². The fourth-order valence-corrected chi connectivity index (χ4v) is 2.62. The predicted octanol–water partition coefficient (Wildman–Crippen LogP) is 3.04. The minimum absolute atomic E-state index is 0.00355. The van der Waals surface area contributed by atoms with Gasteiger partial charge in [0.05, 0.1) is 10.5 Å². The second-order valence-electron chi connectivity index (χ2n) is 6.00. The Kier molecular flexibility index (Phi) is 3.74. The second kappa shape index (κ2) is 5.19. The van der Waals surface area contributed by atoms with E-state index in [2.05, 4.69) is 19.2 Å². The Labute approximate surface area is 116 Å². The Hall–Kier alpha value is -1.98. The zero-order valence-corrected chi connectivity index (χ0v) is 11.5. The highest BCUT2D eigenvalue weighted by Gasteiger charge is 2.32. The van der Waals surface area contributed by atoms with E-state index in [1.165, 1.54) is 0 Å². The van der Waals surface area contributed by atoms with Crippen LogP contribution in [0.1, 0.15) is 43.5 Å². The van der Waals surface area contributed by atoms with Crippen LogP contribution in [0.4, 0.5) is 10.1 Å². The SMILES string of the molecule is CC1(C)CCC(NC(=O)c2cc([N+](=O)[O-])ccc2F)C1. The molecule has 1 aromatic carbocycles.